The first kappa shape index (κ1) is 22.8. The van der Waals surface area contributed by atoms with Gasteiger partial charge in [-0.3, -0.25) is 4.68 Å². The van der Waals surface area contributed by atoms with Gasteiger partial charge in [0.2, 0.25) is 0 Å². The van der Waals surface area contributed by atoms with Crippen molar-refractivity contribution in [2.24, 2.45) is 5.73 Å². The minimum atomic E-state index is 0.108. The third-order valence-electron chi connectivity index (χ3n) is 6.72. The number of anilines is 4. The normalized spacial score (nSPS) is 17.7. The molecular formula is C24H32N10O. The van der Waals surface area contributed by atoms with Crippen molar-refractivity contribution in [3.63, 3.8) is 0 Å². The second kappa shape index (κ2) is 9.71. The Morgan fingerprint density at radius 2 is 1.60 bits per heavy atom. The highest BCUT2D eigenvalue weighted by molar-refractivity contribution is 5.86. The molecule has 0 bridgehead atoms. The van der Waals surface area contributed by atoms with Gasteiger partial charge in [-0.1, -0.05) is 12.1 Å². The molecule has 3 aromatic rings. The van der Waals surface area contributed by atoms with Crippen molar-refractivity contribution < 1.29 is 5.11 Å². The van der Waals surface area contributed by atoms with Crippen molar-refractivity contribution in [3.8, 4) is 5.75 Å². The molecule has 0 saturated carbocycles. The van der Waals surface area contributed by atoms with Crippen LogP contribution < -0.4 is 32.3 Å². The number of nitrogens with zero attached hydrogens (tertiary/aromatic N) is 6. The van der Waals surface area contributed by atoms with Crippen LogP contribution >= 0.6 is 0 Å². The molecule has 0 unspecified atom stereocenters. The van der Waals surface area contributed by atoms with Gasteiger partial charge < -0.3 is 37.4 Å². The second-order valence-corrected chi connectivity index (χ2v) is 8.93. The monoisotopic (exact) mass is 476 g/mol. The Balaban J connectivity index is 1.29. The van der Waals surface area contributed by atoms with Crippen LogP contribution in [0.1, 0.15) is 30.1 Å². The van der Waals surface area contributed by atoms with Gasteiger partial charge in [-0.15, -0.1) is 0 Å². The van der Waals surface area contributed by atoms with Crippen molar-refractivity contribution in [2.75, 3.05) is 60.5 Å². The number of aromatic nitrogens is 4. The molecule has 2 aliphatic rings. The number of phenols is 1. The quantitative estimate of drug-likeness (QED) is 0.362. The molecule has 35 heavy (non-hydrogen) atoms. The number of nitrogen functional groups attached to an aromatic ring is 2. The summed E-state index contributed by atoms with van der Waals surface area (Å²) in [6.45, 7) is 5.44. The van der Waals surface area contributed by atoms with Crippen molar-refractivity contribution in [3.05, 3.63) is 47.9 Å². The van der Waals surface area contributed by atoms with E-state index in [0.717, 1.165) is 63.7 Å². The number of hydrogen-bond donors (Lipinski definition) is 5. The first-order valence-corrected chi connectivity index (χ1v) is 11.9. The number of para-hydroxylation sites is 1. The standard InChI is InChI=1S/C24H32N10O/c25-18(17-3-1-2-4-20(17)35)13-19-23(26)24(27)31-34(19)16-5-9-32(10-6-16)21-14-30-22(15-29-21)33-11-7-28-8-12-33/h1-4,13-16,28,35H,5-12,25-26H2,(H2,27,31)/b18-13-. The average Bonchev–Trinajstić information content (AvgIpc) is 3.18. The van der Waals surface area contributed by atoms with E-state index in [2.05, 4.69) is 30.2 Å². The maximum Gasteiger partial charge on any atom is 0.169 e. The number of piperidine rings is 1. The SMILES string of the molecule is N/C(=C\c1c(N)c(N)nn1C1CCN(c2cnc(N3CCNCC3)cn2)CC1)c1ccccc1O. The Bertz CT molecular complexity index is 1190. The molecule has 0 radical (unpaired) electrons. The van der Waals surface area contributed by atoms with E-state index in [4.69, 9.17) is 17.2 Å². The lowest BCUT2D eigenvalue weighted by atomic mass is 10.0. The highest BCUT2D eigenvalue weighted by Gasteiger charge is 2.26. The zero-order valence-electron chi connectivity index (χ0n) is 19.6. The van der Waals surface area contributed by atoms with Crippen LogP contribution in [0.3, 0.4) is 0 Å². The predicted molar refractivity (Wildman–Crippen MR) is 139 cm³/mol. The summed E-state index contributed by atoms with van der Waals surface area (Å²) in [5, 5.41) is 18.0. The maximum absolute atomic E-state index is 10.2. The smallest absolute Gasteiger partial charge is 0.169 e. The number of benzene rings is 1. The van der Waals surface area contributed by atoms with Crippen LogP contribution in [0.2, 0.25) is 0 Å². The Kier molecular flexibility index (Phi) is 6.32. The van der Waals surface area contributed by atoms with Crippen LogP contribution in [0, 0.1) is 0 Å². The molecular weight excluding hydrogens is 444 g/mol. The molecule has 0 atom stereocenters. The lowest BCUT2D eigenvalue weighted by molar-refractivity contribution is 0.365. The lowest BCUT2D eigenvalue weighted by Crippen LogP contribution is -2.44. The number of nitrogens with two attached hydrogens (primary N) is 3. The van der Waals surface area contributed by atoms with Crippen LogP contribution in [0.25, 0.3) is 11.8 Å². The van der Waals surface area contributed by atoms with Crippen molar-refractivity contribution in [2.45, 2.75) is 18.9 Å². The van der Waals surface area contributed by atoms with E-state index in [1.807, 2.05) is 23.1 Å². The molecule has 2 saturated heterocycles. The molecule has 1 aromatic carbocycles. The number of aromatic hydroxyl groups is 1. The highest BCUT2D eigenvalue weighted by Crippen LogP contribution is 2.33. The molecule has 8 N–H and O–H groups in total. The van der Waals surface area contributed by atoms with Gasteiger partial charge in [0.25, 0.3) is 0 Å². The number of rotatable bonds is 5. The van der Waals surface area contributed by atoms with E-state index in [1.165, 1.54) is 0 Å². The predicted octanol–water partition coefficient (Wildman–Crippen LogP) is 1.25. The van der Waals surface area contributed by atoms with Gasteiger partial charge in [-0.2, -0.15) is 5.10 Å². The van der Waals surface area contributed by atoms with E-state index < -0.39 is 0 Å². The summed E-state index contributed by atoms with van der Waals surface area (Å²) in [4.78, 5) is 13.8. The largest absolute Gasteiger partial charge is 0.507 e. The molecule has 0 spiro atoms. The Morgan fingerprint density at radius 1 is 0.971 bits per heavy atom. The van der Waals surface area contributed by atoms with E-state index in [1.54, 1.807) is 24.3 Å². The third-order valence-corrected chi connectivity index (χ3v) is 6.72. The second-order valence-electron chi connectivity index (χ2n) is 8.93. The van der Waals surface area contributed by atoms with Gasteiger partial charge in [0.15, 0.2) is 5.82 Å². The summed E-state index contributed by atoms with van der Waals surface area (Å²) < 4.78 is 1.87. The maximum atomic E-state index is 10.2. The van der Waals surface area contributed by atoms with Crippen LogP contribution in [0.4, 0.5) is 23.1 Å². The topological polar surface area (TPSA) is 160 Å². The Labute approximate surface area is 204 Å². The molecule has 2 fully saturated rings. The van der Waals surface area contributed by atoms with E-state index >= 15 is 0 Å². The summed E-state index contributed by atoms with van der Waals surface area (Å²) in [6, 6.07) is 7.04. The van der Waals surface area contributed by atoms with Gasteiger partial charge in [-0.25, -0.2) is 9.97 Å². The van der Waals surface area contributed by atoms with Gasteiger partial charge in [0.05, 0.1) is 24.1 Å². The van der Waals surface area contributed by atoms with E-state index in [0.29, 0.717) is 22.6 Å². The Morgan fingerprint density at radius 3 is 2.23 bits per heavy atom. The zero-order valence-corrected chi connectivity index (χ0v) is 19.6. The van der Waals surface area contributed by atoms with Gasteiger partial charge in [0, 0.05) is 50.5 Å². The minimum absolute atomic E-state index is 0.108. The number of hydrogen-bond acceptors (Lipinski definition) is 10. The fourth-order valence-corrected chi connectivity index (χ4v) is 4.72. The number of phenolic OH excluding ortho intramolecular Hbond substituents is 1. The minimum Gasteiger partial charge on any atom is -0.507 e. The van der Waals surface area contributed by atoms with Crippen LogP contribution in [-0.4, -0.2) is 64.1 Å². The molecule has 184 valence electrons. The number of nitrogens with one attached hydrogen (secondary N) is 1. The third kappa shape index (κ3) is 4.67. The molecule has 0 aliphatic carbocycles. The Hall–Kier alpha value is -3.99. The highest BCUT2D eigenvalue weighted by atomic mass is 16.3. The molecule has 5 rings (SSSR count). The van der Waals surface area contributed by atoms with Crippen molar-refractivity contribution in [1.29, 1.82) is 0 Å². The average molecular weight is 477 g/mol. The fraction of sp³-hybridized carbons (Fsp3) is 0.375. The van der Waals surface area contributed by atoms with Crippen LogP contribution in [0.5, 0.6) is 5.75 Å². The van der Waals surface area contributed by atoms with Crippen LogP contribution in [0.15, 0.2) is 36.7 Å². The summed E-state index contributed by atoms with van der Waals surface area (Å²) >= 11 is 0. The number of piperazine rings is 1. The summed E-state index contributed by atoms with van der Waals surface area (Å²) in [5.74, 6) is 2.19. The lowest BCUT2D eigenvalue weighted by Gasteiger charge is -2.33. The molecule has 0 amide bonds. The summed E-state index contributed by atoms with van der Waals surface area (Å²) in [5.41, 5.74) is 20.6. The molecule has 11 nitrogen and oxygen atoms in total. The summed E-state index contributed by atoms with van der Waals surface area (Å²) in [7, 11) is 0. The van der Waals surface area contributed by atoms with E-state index in [-0.39, 0.29) is 17.6 Å². The zero-order chi connectivity index (χ0) is 24.4. The van der Waals surface area contributed by atoms with Crippen molar-refractivity contribution in [1.82, 2.24) is 25.1 Å². The first-order chi connectivity index (χ1) is 17.0. The van der Waals surface area contributed by atoms with Crippen LogP contribution in [-0.2, 0) is 0 Å². The fourth-order valence-electron chi connectivity index (χ4n) is 4.72. The molecule has 2 aromatic heterocycles. The summed E-state index contributed by atoms with van der Waals surface area (Å²) in [6.07, 6.45) is 7.16. The van der Waals surface area contributed by atoms with Crippen molar-refractivity contribution >= 4 is 34.9 Å². The van der Waals surface area contributed by atoms with E-state index in [9.17, 15) is 5.11 Å². The van der Waals surface area contributed by atoms with Gasteiger partial charge >= 0.3 is 0 Å². The molecule has 2 aliphatic heterocycles. The van der Waals surface area contributed by atoms with Gasteiger partial charge in [0.1, 0.15) is 23.1 Å². The molecule has 11 heteroatoms. The van der Waals surface area contributed by atoms with Gasteiger partial charge in [-0.05, 0) is 31.1 Å². The molecule has 4 heterocycles. The first-order valence-electron chi connectivity index (χ1n) is 11.9.